The van der Waals surface area contributed by atoms with Gasteiger partial charge < -0.3 is 18.7 Å². The van der Waals surface area contributed by atoms with E-state index in [1.54, 1.807) is 25.1 Å². The van der Waals surface area contributed by atoms with Crippen LogP contribution in [0, 0.1) is 6.92 Å². The molecule has 7 heteroatoms. The first-order chi connectivity index (χ1) is 10.5. The highest BCUT2D eigenvalue weighted by molar-refractivity contribution is 5.90. The zero-order valence-electron chi connectivity index (χ0n) is 13.0. The summed E-state index contributed by atoms with van der Waals surface area (Å²) < 4.78 is 20.8. The number of ether oxygens (including phenoxy) is 3. The predicted molar refractivity (Wildman–Crippen MR) is 76.9 cm³/mol. The maximum Gasteiger partial charge on any atom is 0.338 e. The average molecular weight is 306 g/mol. The van der Waals surface area contributed by atoms with Gasteiger partial charge in [0.2, 0.25) is 0 Å². The Kier molecular flexibility index (Phi) is 4.98. The number of hydrogen-bond donors (Lipinski definition) is 0. The standard InChI is InChI=1S/C15H18N2O5/c1-9(2)21-12-6-5-11(7-13(12)19-4)15(18)20-8-14-16-10(3)17-22-14/h5-7,9H,8H2,1-4H3. The summed E-state index contributed by atoms with van der Waals surface area (Å²) in [5.74, 6) is 1.27. The maximum atomic E-state index is 12.0. The van der Waals surface area contributed by atoms with Crippen molar-refractivity contribution in [2.24, 2.45) is 0 Å². The minimum Gasteiger partial charge on any atom is -0.493 e. The van der Waals surface area contributed by atoms with E-state index >= 15 is 0 Å². The Labute approximate surface area is 128 Å². The number of rotatable bonds is 6. The monoisotopic (exact) mass is 306 g/mol. The number of carbonyl (C=O) groups is 1. The van der Waals surface area contributed by atoms with Gasteiger partial charge in [0, 0.05) is 0 Å². The molecule has 22 heavy (non-hydrogen) atoms. The van der Waals surface area contributed by atoms with E-state index in [2.05, 4.69) is 10.1 Å². The van der Waals surface area contributed by atoms with Gasteiger partial charge in [-0.25, -0.2) is 4.79 Å². The van der Waals surface area contributed by atoms with Crippen LogP contribution < -0.4 is 9.47 Å². The van der Waals surface area contributed by atoms with Crippen LogP contribution >= 0.6 is 0 Å². The van der Waals surface area contributed by atoms with Gasteiger partial charge in [0.25, 0.3) is 5.89 Å². The fraction of sp³-hybridized carbons (Fsp3) is 0.400. The van der Waals surface area contributed by atoms with Crippen LogP contribution in [0.1, 0.15) is 35.9 Å². The number of benzene rings is 1. The third-order valence-electron chi connectivity index (χ3n) is 2.66. The normalized spacial score (nSPS) is 10.6. The molecule has 0 spiro atoms. The van der Waals surface area contributed by atoms with E-state index in [-0.39, 0.29) is 18.6 Å². The Morgan fingerprint density at radius 2 is 2.09 bits per heavy atom. The molecule has 2 rings (SSSR count). The summed E-state index contributed by atoms with van der Waals surface area (Å²) in [6, 6.07) is 4.85. The van der Waals surface area contributed by atoms with Gasteiger partial charge in [-0.1, -0.05) is 5.16 Å². The van der Waals surface area contributed by atoms with E-state index in [0.717, 1.165) is 0 Å². The maximum absolute atomic E-state index is 12.0. The number of esters is 1. The molecule has 0 aliphatic heterocycles. The van der Waals surface area contributed by atoms with Crippen molar-refractivity contribution >= 4 is 5.97 Å². The number of aryl methyl sites for hydroxylation is 1. The molecule has 1 heterocycles. The van der Waals surface area contributed by atoms with Crippen molar-refractivity contribution in [1.29, 1.82) is 0 Å². The molecule has 0 N–H and O–H groups in total. The van der Waals surface area contributed by atoms with Crippen molar-refractivity contribution in [3.63, 3.8) is 0 Å². The number of hydrogen-bond acceptors (Lipinski definition) is 7. The van der Waals surface area contributed by atoms with E-state index in [1.807, 2.05) is 13.8 Å². The number of carbonyl (C=O) groups excluding carboxylic acids is 1. The van der Waals surface area contributed by atoms with Gasteiger partial charge in [0.15, 0.2) is 23.9 Å². The molecule has 0 saturated carbocycles. The highest BCUT2D eigenvalue weighted by Gasteiger charge is 2.14. The lowest BCUT2D eigenvalue weighted by molar-refractivity contribution is 0.0429. The van der Waals surface area contributed by atoms with Gasteiger partial charge in [-0.15, -0.1) is 0 Å². The molecular formula is C15H18N2O5. The largest absolute Gasteiger partial charge is 0.493 e. The molecule has 118 valence electrons. The molecule has 1 aromatic heterocycles. The van der Waals surface area contributed by atoms with Crippen molar-refractivity contribution in [3.05, 3.63) is 35.5 Å². The van der Waals surface area contributed by atoms with Crippen molar-refractivity contribution in [1.82, 2.24) is 10.1 Å². The Balaban J connectivity index is 2.06. The Morgan fingerprint density at radius 3 is 2.68 bits per heavy atom. The van der Waals surface area contributed by atoms with E-state index in [0.29, 0.717) is 22.9 Å². The van der Waals surface area contributed by atoms with E-state index in [1.165, 1.54) is 7.11 Å². The second-order valence-electron chi connectivity index (χ2n) is 4.84. The molecule has 0 aliphatic rings. The quantitative estimate of drug-likeness (QED) is 0.758. The van der Waals surface area contributed by atoms with Crippen LogP contribution in [-0.4, -0.2) is 29.3 Å². The van der Waals surface area contributed by atoms with E-state index < -0.39 is 5.97 Å². The number of aromatic nitrogens is 2. The van der Waals surface area contributed by atoms with Gasteiger partial charge in [-0.05, 0) is 39.0 Å². The minimum atomic E-state index is -0.509. The molecule has 2 aromatic rings. The molecular weight excluding hydrogens is 288 g/mol. The van der Waals surface area contributed by atoms with Crippen molar-refractivity contribution in [3.8, 4) is 11.5 Å². The summed E-state index contributed by atoms with van der Waals surface area (Å²) >= 11 is 0. The predicted octanol–water partition coefficient (Wildman–Crippen LogP) is 2.53. The zero-order valence-corrected chi connectivity index (χ0v) is 13.0. The second kappa shape index (κ2) is 6.93. The van der Waals surface area contributed by atoms with Crippen LogP contribution in [0.4, 0.5) is 0 Å². The fourth-order valence-electron chi connectivity index (χ4n) is 1.76. The topological polar surface area (TPSA) is 83.7 Å². The van der Waals surface area contributed by atoms with E-state index in [4.69, 9.17) is 18.7 Å². The third kappa shape index (κ3) is 3.97. The summed E-state index contributed by atoms with van der Waals surface area (Å²) in [5.41, 5.74) is 0.351. The molecule has 1 aromatic carbocycles. The lowest BCUT2D eigenvalue weighted by atomic mass is 10.2. The fourth-order valence-corrected chi connectivity index (χ4v) is 1.76. The molecule has 7 nitrogen and oxygen atoms in total. The molecule has 0 bridgehead atoms. The lowest BCUT2D eigenvalue weighted by Gasteiger charge is -2.14. The summed E-state index contributed by atoms with van der Waals surface area (Å²) in [4.78, 5) is 16.0. The van der Waals surface area contributed by atoms with Gasteiger partial charge in [0.1, 0.15) is 0 Å². The van der Waals surface area contributed by atoms with Crippen LogP contribution in [0.25, 0.3) is 0 Å². The first kappa shape index (κ1) is 15.8. The van der Waals surface area contributed by atoms with Crippen LogP contribution in [0.3, 0.4) is 0 Å². The van der Waals surface area contributed by atoms with Crippen molar-refractivity contribution < 1.29 is 23.5 Å². The first-order valence-corrected chi connectivity index (χ1v) is 6.80. The molecule has 0 atom stereocenters. The van der Waals surface area contributed by atoms with Gasteiger partial charge in [-0.3, -0.25) is 0 Å². The summed E-state index contributed by atoms with van der Waals surface area (Å²) in [6.45, 7) is 5.43. The van der Waals surface area contributed by atoms with Gasteiger partial charge in [0.05, 0.1) is 18.8 Å². The summed E-state index contributed by atoms with van der Waals surface area (Å²) in [6.07, 6.45) is 0.00691. The molecule has 0 saturated heterocycles. The van der Waals surface area contributed by atoms with E-state index in [9.17, 15) is 4.79 Å². The number of nitrogens with zero attached hydrogens (tertiary/aromatic N) is 2. The highest BCUT2D eigenvalue weighted by Crippen LogP contribution is 2.29. The van der Waals surface area contributed by atoms with Gasteiger partial charge in [-0.2, -0.15) is 4.98 Å². The SMILES string of the molecule is COc1cc(C(=O)OCc2nc(C)no2)ccc1OC(C)C. The molecule has 0 unspecified atom stereocenters. The highest BCUT2D eigenvalue weighted by atomic mass is 16.6. The van der Waals surface area contributed by atoms with Crippen molar-refractivity contribution in [2.75, 3.05) is 7.11 Å². The molecule has 0 radical (unpaired) electrons. The summed E-state index contributed by atoms with van der Waals surface area (Å²) in [5, 5.41) is 3.62. The van der Waals surface area contributed by atoms with Crippen LogP contribution in [0.2, 0.25) is 0 Å². The Bertz CT molecular complexity index is 651. The molecule has 0 amide bonds. The molecule has 0 aliphatic carbocycles. The van der Waals surface area contributed by atoms with Crippen molar-refractivity contribution in [2.45, 2.75) is 33.5 Å². The van der Waals surface area contributed by atoms with Gasteiger partial charge >= 0.3 is 5.97 Å². The zero-order chi connectivity index (χ0) is 16.1. The Hall–Kier alpha value is -2.57. The van der Waals surface area contributed by atoms with Crippen LogP contribution in [-0.2, 0) is 11.3 Å². The lowest BCUT2D eigenvalue weighted by Crippen LogP contribution is -2.09. The Morgan fingerprint density at radius 1 is 1.32 bits per heavy atom. The molecule has 0 fully saturated rings. The first-order valence-electron chi connectivity index (χ1n) is 6.80. The van der Waals surface area contributed by atoms with Crippen LogP contribution in [0.15, 0.2) is 22.7 Å². The average Bonchev–Trinajstić information content (AvgIpc) is 2.90. The summed E-state index contributed by atoms with van der Waals surface area (Å²) in [7, 11) is 1.51. The second-order valence-corrected chi connectivity index (χ2v) is 4.84. The third-order valence-corrected chi connectivity index (χ3v) is 2.66. The smallest absolute Gasteiger partial charge is 0.338 e. The van der Waals surface area contributed by atoms with Crippen LogP contribution in [0.5, 0.6) is 11.5 Å². The number of methoxy groups -OCH3 is 1. The minimum absolute atomic E-state index is 0.00691.